The van der Waals surface area contributed by atoms with Gasteiger partial charge in [-0.05, 0) is 30.4 Å². The van der Waals surface area contributed by atoms with E-state index in [4.69, 9.17) is 10.5 Å². The van der Waals surface area contributed by atoms with Crippen LogP contribution in [0.3, 0.4) is 0 Å². The van der Waals surface area contributed by atoms with Gasteiger partial charge in [-0.1, -0.05) is 39.0 Å². The van der Waals surface area contributed by atoms with Crippen LogP contribution in [0.2, 0.25) is 0 Å². The molecule has 0 fully saturated rings. The van der Waals surface area contributed by atoms with Gasteiger partial charge in [0.2, 0.25) is 0 Å². The minimum Gasteiger partial charge on any atom is -0.192 e. The zero-order chi connectivity index (χ0) is 13.9. The van der Waals surface area contributed by atoms with Crippen molar-refractivity contribution in [2.24, 2.45) is 0 Å². The molecule has 100 valence electrons. The predicted molar refractivity (Wildman–Crippen MR) is 80.0 cm³/mol. The first-order valence-electron chi connectivity index (χ1n) is 6.89. The molecule has 0 unspecified atom stereocenters. The normalized spacial score (nSPS) is 9.84. The smallest absolute Gasteiger partial charge is 0.101 e. The van der Waals surface area contributed by atoms with Gasteiger partial charge in [-0.15, -0.1) is 11.8 Å². The van der Waals surface area contributed by atoms with E-state index < -0.39 is 0 Å². The summed E-state index contributed by atoms with van der Waals surface area (Å²) in [5, 5.41) is 17.8. The lowest BCUT2D eigenvalue weighted by Crippen LogP contribution is -1.86. The second-order valence-corrected chi connectivity index (χ2v) is 5.72. The number of hydrogen-bond donors (Lipinski definition) is 0. The number of nitriles is 2. The lowest BCUT2D eigenvalue weighted by atomic mass is 10.1. The molecule has 0 aliphatic heterocycles. The molecule has 0 saturated carbocycles. The Morgan fingerprint density at radius 1 is 0.947 bits per heavy atom. The molecule has 1 aromatic carbocycles. The van der Waals surface area contributed by atoms with Crippen LogP contribution in [0.5, 0.6) is 0 Å². The van der Waals surface area contributed by atoms with E-state index in [9.17, 15) is 0 Å². The number of nitrogens with zero attached hydrogens (tertiary/aromatic N) is 2. The van der Waals surface area contributed by atoms with Crippen molar-refractivity contribution in [3.05, 3.63) is 29.3 Å². The van der Waals surface area contributed by atoms with Gasteiger partial charge < -0.3 is 0 Å². The second kappa shape index (κ2) is 9.48. The molecule has 0 amide bonds. The van der Waals surface area contributed by atoms with Gasteiger partial charge in [0.1, 0.15) is 12.1 Å². The van der Waals surface area contributed by atoms with Gasteiger partial charge in [0.05, 0.1) is 11.1 Å². The molecule has 2 nitrogen and oxygen atoms in total. The first kappa shape index (κ1) is 15.6. The average molecular weight is 272 g/mol. The van der Waals surface area contributed by atoms with E-state index in [1.807, 2.05) is 18.2 Å². The molecule has 0 radical (unpaired) electrons. The number of hydrogen-bond acceptors (Lipinski definition) is 3. The van der Waals surface area contributed by atoms with Crippen LogP contribution in [-0.4, -0.2) is 5.75 Å². The first-order valence-corrected chi connectivity index (χ1v) is 7.87. The third-order valence-electron chi connectivity index (χ3n) is 3.00. The fourth-order valence-electron chi connectivity index (χ4n) is 1.88. The molecule has 1 aromatic rings. The van der Waals surface area contributed by atoms with E-state index in [-0.39, 0.29) is 0 Å². The van der Waals surface area contributed by atoms with E-state index in [0.717, 1.165) is 10.6 Å². The topological polar surface area (TPSA) is 47.6 Å². The van der Waals surface area contributed by atoms with Crippen molar-refractivity contribution < 1.29 is 0 Å². The molecule has 0 saturated heterocycles. The van der Waals surface area contributed by atoms with E-state index in [0.29, 0.717) is 11.1 Å². The summed E-state index contributed by atoms with van der Waals surface area (Å²) >= 11 is 1.77. The minimum atomic E-state index is 0.464. The highest BCUT2D eigenvalue weighted by Crippen LogP contribution is 2.22. The van der Waals surface area contributed by atoms with Crippen molar-refractivity contribution >= 4 is 11.8 Å². The van der Waals surface area contributed by atoms with Crippen LogP contribution in [0.1, 0.15) is 56.6 Å². The highest BCUT2D eigenvalue weighted by atomic mass is 32.2. The maximum atomic E-state index is 8.96. The largest absolute Gasteiger partial charge is 0.192 e. The van der Waals surface area contributed by atoms with Crippen LogP contribution in [0.15, 0.2) is 23.1 Å². The molecular formula is C16H20N2S. The summed E-state index contributed by atoms with van der Waals surface area (Å²) in [6.07, 6.45) is 7.80. The van der Waals surface area contributed by atoms with Gasteiger partial charge in [0.25, 0.3) is 0 Å². The van der Waals surface area contributed by atoms with Gasteiger partial charge in [-0.3, -0.25) is 0 Å². The maximum absolute atomic E-state index is 8.96. The molecule has 0 spiro atoms. The fourth-order valence-corrected chi connectivity index (χ4v) is 2.83. The first-order chi connectivity index (χ1) is 9.31. The molecule has 0 N–H and O–H groups in total. The Labute approximate surface area is 120 Å². The summed E-state index contributed by atoms with van der Waals surface area (Å²) in [6, 6.07) is 9.60. The molecule has 1 rings (SSSR count). The summed E-state index contributed by atoms with van der Waals surface area (Å²) in [5.41, 5.74) is 0.946. The Kier molecular flexibility index (Phi) is 7.78. The maximum Gasteiger partial charge on any atom is 0.101 e. The standard InChI is InChI=1S/C16H20N2S/c1-2-3-4-5-6-7-10-19-16-9-8-14(12-17)15(11-16)13-18/h8-9,11H,2-7,10H2,1H3. The summed E-state index contributed by atoms with van der Waals surface area (Å²) in [7, 11) is 0. The lowest BCUT2D eigenvalue weighted by molar-refractivity contribution is 0.627. The van der Waals surface area contributed by atoms with Crippen molar-refractivity contribution in [2.45, 2.75) is 50.3 Å². The van der Waals surface area contributed by atoms with Crippen LogP contribution < -0.4 is 0 Å². The van der Waals surface area contributed by atoms with Crippen molar-refractivity contribution in [3.8, 4) is 12.1 Å². The van der Waals surface area contributed by atoms with Crippen LogP contribution in [-0.2, 0) is 0 Å². The Bertz CT molecular complexity index is 469. The van der Waals surface area contributed by atoms with Gasteiger partial charge in [0, 0.05) is 4.90 Å². The highest BCUT2D eigenvalue weighted by molar-refractivity contribution is 7.99. The quantitative estimate of drug-likeness (QED) is 0.500. The zero-order valence-corrected chi connectivity index (χ0v) is 12.3. The summed E-state index contributed by atoms with van der Waals surface area (Å²) in [5.74, 6) is 1.09. The van der Waals surface area contributed by atoms with E-state index in [1.165, 1.54) is 38.5 Å². The number of benzene rings is 1. The predicted octanol–water partition coefficient (Wildman–Crippen LogP) is 4.88. The van der Waals surface area contributed by atoms with Gasteiger partial charge in [-0.2, -0.15) is 10.5 Å². The van der Waals surface area contributed by atoms with Crippen molar-refractivity contribution in [2.75, 3.05) is 5.75 Å². The zero-order valence-electron chi connectivity index (χ0n) is 11.5. The summed E-state index contributed by atoms with van der Waals surface area (Å²) in [6.45, 7) is 2.23. The Morgan fingerprint density at radius 2 is 1.63 bits per heavy atom. The van der Waals surface area contributed by atoms with E-state index in [2.05, 4.69) is 13.0 Å². The molecule has 3 heteroatoms. The van der Waals surface area contributed by atoms with Crippen molar-refractivity contribution in [3.63, 3.8) is 0 Å². The van der Waals surface area contributed by atoms with Crippen LogP contribution in [0, 0.1) is 22.7 Å². The lowest BCUT2D eigenvalue weighted by Gasteiger charge is -2.03. The Hall–Kier alpha value is -1.45. The van der Waals surface area contributed by atoms with Crippen LogP contribution in [0.4, 0.5) is 0 Å². The van der Waals surface area contributed by atoms with Crippen molar-refractivity contribution in [1.29, 1.82) is 10.5 Å². The molecule has 0 aliphatic carbocycles. The van der Waals surface area contributed by atoms with Gasteiger partial charge in [-0.25, -0.2) is 0 Å². The average Bonchev–Trinajstić information content (AvgIpc) is 2.46. The molecule has 0 aromatic heterocycles. The number of rotatable bonds is 8. The molecule has 0 heterocycles. The summed E-state index contributed by atoms with van der Waals surface area (Å²) < 4.78 is 0. The Balaban J connectivity index is 2.31. The SMILES string of the molecule is CCCCCCCCSc1ccc(C#N)c(C#N)c1. The Morgan fingerprint density at radius 3 is 2.32 bits per heavy atom. The molecule has 0 aliphatic rings. The molecular weight excluding hydrogens is 252 g/mol. The van der Waals surface area contributed by atoms with Crippen LogP contribution >= 0.6 is 11.8 Å². The third kappa shape index (κ3) is 5.81. The van der Waals surface area contributed by atoms with E-state index in [1.54, 1.807) is 17.8 Å². The fraction of sp³-hybridized carbons (Fsp3) is 0.500. The number of unbranched alkanes of at least 4 members (excludes halogenated alkanes) is 5. The third-order valence-corrected chi connectivity index (χ3v) is 4.08. The van der Waals surface area contributed by atoms with Gasteiger partial charge in [0.15, 0.2) is 0 Å². The van der Waals surface area contributed by atoms with Crippen molar-refractivity contribution in [1.82, 2.24) is 0 Å². The molecule has 0 atom stereocenters. The number of thioether (sulfide) groups is 1. The minimum absolute atomic E-state index is 0.464. The summed E-state index contributed by atoms with van der Waals surface area (Å²) in [4.78, 5) is 1.09. The van der Waals surface area contributed by atoms with Crippen LogP contribution in [0.25, 0.3) is 0 Å². The highest BCUT2D eigenvalue weighted by Gasteiger charge is 2.03. The molecule has 0 bridgehead atoms. The van der Waals surface area contributed by atoms with E-state index >= 15 is 0 Å². The monoisotopic (exact) mass is 272 g/mol. The second-order valence-electron chi connectivity index (χ2n) is 4.55. The molecule has 19 heavy (non-hydrogen) atoms. The van der Waals surface area contributed by atoms with Gasteiger partial charge >= 0.3 is 0 Å².